The van der Waals surface area contributed by atoms with E-state index >= 15 is 0 Å². The van der Waals surface area contributed by atoms with Gasteiger partial charge in [0.2, 0.25) is 0 Å². The predicted molar refractivity (Wildman–Crippen MR) is 193 cm³/mol. The second-order valence-corrected chi connectivity index (χ2v) is 11.0. The fourth-order valence-electron chi connectivity index (χ4n) is 6.68. The minimum absolute atomic E-state index is 0.0910. The molecule has 0 saturated heterocycles. The number of ether oxygens (including phenoxy) is 1. The number of para-hydroxylation sites is 6. The Balaban J connectivity index is 1.42. The van der Waals surface area contributed by atoms with Crippen LogP contribution < -0.4 is 21.1 Å². The number of hydrogen-bond donors (Lipinski definition) is 0. The van der Waals surface area contributed by atoms with Gasteiger partial charge in [-0.15, -0.1) is 0 Å². The van der Waals surface area contributed by atoms with Crippen molar-refractivity contribution in [3.8, 4) is 22.9 Å². The molecule has 2 aromatic heterocycles. The van der Waals surface area contributed by atoms with Gasteiger partial charge >= 0.3 is 0 Å². The van der Waals surface area contributed by atoms with Crippen LogP contribution in [-0.4, -0.2) is 15.8 Å². The molecule has 214 valence electrons. The van der Waals surface area contributed by atoms with E-state index in [1.807, 2.05) is 60.7 Å². The molecule has 0 radical (unpaired) electrons. The van der Waals surface area contributed by atoms with Crippen LogP contribution in [0.25, 0.3) is 55.0 Å². The second-order valence-electron chi connectivity index (χ2n) is 11.0. The normalized spacial score (nSPS) is 17.0. The van der Waals surface area contributed by atoms with Crippen molar-refractivity contribution >= 4 is 66.7 Å². The van der Waals surface area contributed by atoms with E-state index in [-0.39, 0.29) is 43.6 Å². The predicted octanol–water partition coefficient (Wildman–Crippen LogP) is 8.50. The maximum atomic E-state index is 9.95. The molecule has 0 aliphatic carbocycles. The zero-order chi connectivity index (χ0) is 43.2. The summed E-state index contributed by atoms with van der Waals surface area (Å²) in [5.41, 5.74) is 1.21. The Morgan fingerprint density at radius 3 is 1.57 bits per heavy atom. The molecule has 0 unspecified atom stereocenters. The van der Waals surface area contributed by atoms with Crippen molar-refractivity contribution in [1.82, 2.24) is 9.13 Å². The van der Waals surface area contributed by atoms with Gasteiger partial charge in [-0.25, -0.2) is 0 Å². The van der Waals surface area contributed by atoms with E-state index < -0.39 is 103 Å². The van der Waals surface area contributed by atoms with Gasteiger partial charge in [0.1, 0.15) is 11.5 Å². The van der Waals surface area contributed by atoms with Crippen molar-refractivity contribution in [2.75, 3.05) is 0 Å². The molecule has 4 heteroatoms. The minimum atomic E-state index is -0.708. The van der Waals surface area contributed by atoms with Gasteiger partial charge in [-0.3, -0.25) is 0 Å². The molecule has 46 heavy (non-hydrogen) atoms. The first-order valence-corrected chi connectivity index (χ1v) is 14.6. The van der Waals surface area contributed by atoms with Crippen LogP contribution in [0.5, 0.6) is 11.5 Å². The third kappa shape index (κ3) is 3.55. The van der Waals surface area contributed by atoms with Gasteiger partial charge in [-0.05, 0) is 70.8 Å². The van der Waals surface area contributed by atoms with Gasteiger partial charge in [0.15, 0.2) is 0 Å². The summed E-state index contributed by atoms with van der Waals surface area (Å²) >= 11 is 0. The SMILES string of the molecule is [2H]c1c([2H])c([2H])c2c(c1[2H])c1c([2H])c(-n3c4c([2H])c([2H])c([2H])c([2H])c4c4c([2H])c([2H])c([2H])c([2H])c43)c([2H])c([2H])c1n2-c1ccccc1B1c2ccccc2Oc2ccccc21. The maximum Gasteiger partial charge on any atom is 0.253 e. The van der Waals surface area contributed by atoms with Crippen molar-refractivity contribution in [1.29, 1.82) is 0 Å². The third-order valence-corrected chi connectivity index (χ3v) is 8.57. The Morgan fingerprint density at radius 1 is 0.457 bits per heavy atom. The zero-order valence-electron chi connectivity index (χ0n) is 38.8. The topological polar surface area (TPSA) is 19.1 Å². The summed E-state index contributed by atoms with van der Waals surface area (Å²) in [6.45, 7) is -0.497. The first-order valence-electron chi connectivity index (χ1n) is 22.1. The fraction of sp³-hybridized carbons (Fsp3) is 0. The Labute approximate surface area is 287 Å². The van der Waals surface area contributed by atoms with Crippen LogP contribution in [0.2, 0.25) is 0 Å². The Hall–Kier alpha value is -6.00. The van der Waals surface area contributed by atoms with Crippen LogP contribution >= 0.6 is 0 Å². The molecular formula is C42H27BN2O. The van der Waals surface area contributed by atoms with Crippen LogP contribution in [0.15, 0.2) is 163 Å². The van der Waals surface area contributed by atoms with Gasteiger partial charge in [0.25, 0.3) is 6.71 Å². The molecule has 3 nitrogen and oxygen atoms in total. The summed E-state index contributed by atoms with van der Waals surface area (Å²) < 4.78 is 144. The maximum absolute atomic E-state index is 9.95. The first-order chi connectivity index (χ1) is 29.1. The molecule has 0 spiro atoms. The molecule has 0 fully saturated rings. The summed E-state index contributed by atoms with van der Waals surface area (Å²) in [4.78, 5) is 0. The van der Waals surface area contributed by atoms with E-state index in [1.165, 1.54) is 4.57 Å². The average molecular weight is 602 g/mol. The highest BCUT2D eigenvalue weighted by Gasteiger charge is 2.34. The number of fused-ring (bicyclic) bond motifs is 8. The van der Waals surface area contributed by atoms with E-state index in [0.29, 0.717) is 22.6 Å². The number of rotatable bonds is 3. The lowest BCUT2D eigenvalue weighted by atomic mass is 9.35. The molecule has 9 aromatic rings. The molecule has 0 amide bonds. The summed E-state index contributed by atoms with van der Waals surface area (Å²) in [6, 6.07) is 12.8. The van der Waals surface area contributed by atoms with Crippen molar-refractivity contribution in [3.63, 3.8) is 0 Å². The van der Waals surface area contributed by atoms with E-state index in [4.69, 9.17) is 18.4 Å². The molecule has 3 heterocycles. The molecule has 0 N–H and O–H groups in total. The molecule has 0 atom stereocenters. The third-order valence-electron chi connectivity index (χ3n) is 8.57. The van der Waals surface area contributed by atoms with E-state index in [9.17, 15) is 6.85 Å². The van der Waals surface area contributed by atoms with Crippen LogP contribution in [0.4, 0.5) is 0 Å². The van der Waals surface area contributed by atoms with Crippen molar-refractivity contribution in [3.05, 3.63) is 163 Å². The zero-order valence-corrected chi connectivity index (χ0v) is 23.8. The van der Waals surface area contributed by atoms with E-state index in [1.54, 1.807) is 12.1 Å². The first kappa shape index (κ1) is 14.9. The van der Waals surface area contributed by atoms with Gasteiger partial charge < -0.3 is 13.9 Å². The van der Waals surface area contributed by atoms with Crippen LogP contribution in [0, 0.1) is 0 Å². The molecule has 1 aliphatic heterocycles. The average Bonchev–Trinajstić information content (AvgIpc) is 3.81. The van der Waals surface area contributed by atoms with Crippen LogP contribution in [0.3, 0.4) is 0 Å². The number of benzene rings is 7. The lowest BCUT2D eigenvalue weighted by molar-refractivity contribution is 0.487. The molecule has 0 bridgehead atoms. The van der Waals surface area contributed by atoms with Gasteiger partial charge in [-0.1, -0.05) is 109 Å². The molecular weight excluding hydrogens is 559 g/mol. The van der Waals surface area contributed by atoms with Crippen molar-refractivity contribution in [2.24, 2.45) is 0 Å². The lowest BCUT2D eigenvalue weighted by Gasteiger charge is -2.28. The summed E-state index contributed by atoms with van der Waals surface area (Å²) in [6.07, 6.45) is 0. The summed E-state index contributed by atoms with van der Waals surface area (Å²) in [5, 5.41) is -0.910. The lowest BCUT2D eigenvalue weighted by Crippen LogP contribution is -2.55. The highest BCUT2D eigenvalue weighted by molar-refractivity contribution is 6.97. The van der Waals surface area contributed by atoms with Gasteiger partial charge in [-0.2, -0.15) is 0 Å². The quantitative estimate of drug-likeness (QED) is 0.186. The standard InChI is InChI=1S/C42H27BN2O/c1-7-19-36-29(13-1)30-14-2-8-20-37(30)44(36)28-25-26-39-32(27-28)31-15-3-9-21-38(31)45(39)40-22-10-4-16-33(40)43-34-17-5-11-23-41(34)46-42-24-12-6-18-35(42)43/h1-27H/i1D,2D,3D,7D,8D,9D,13D,14D,15D,19D,20D,21D,25D,26D,27D. The second kappa shape index (κ2) is 9.75. The van der Waals surface area contributed by atoms with Crippen LogP contribution in [-0.2, 0) is 0 Å². The number of aromatic nitrogens is 2. The molecule has 0 saturated carbocycles. The largest absolute Gasteiger partial charge is 0.458 e. The number of hydrogen-bond acceptors (Lipinski definition) is 1. The summed E-state index contributed by atoms with van der Waals surface area (Å²) in [7, 11) is 0. The smallest absolute Gasteiger partial charge is 0.253 e. The Morgan fingerprint density at radius 2 is 0.935 bits per heavy atom. The van der Waals surface area contributed by atoms with Crippen LogP contribution in [0.1, 0.15) is 20.6 Å². The van der Waals surface area contributed by atoms with E-state index in [2.05, 4.69) is 0 Å². The Kier molecular flexibility index (Phi) is 3.15. The van der Waals surface area contributed by atoms with E-state index in [0.717, 1.165) is 15.5 Å². The highest BCUT2D eigenvalue weighted by Crippen LogP contribution is 2.37. The van der Waals surface area contributed by atoms with Gasteiger partial charge in [0.05, 0.1) is 42.6 Å². The van der Waals surface area contributed by atoms with Crippen molar-refractivity contribution < 1.29 is 25.3 Å². The highest BCUT2D eigenvalue weighted by atomic mass is 16.5. The van der Waals surface area contributed by atoms with Gasteiger partial charge in [0, 0.05) is 32.9 Å². The number of nitrogens with zero attached hydrogens (tertiary/aromatic N) is 2. The molecule has 7 aromatic carbocycles. The Bertz CT molecular complexity index is 3370. The molecule has 10 rings (SSSR count). The fourth-order valence-corrected chi connectivity index (χ4v) is 6.68. The monoisotopic (exact) mass is 601 g/mol. The minimum Gasteiger partial charge on any atom is -0.458 e. The van der Waals surface area contributed by atoms with Crippen molar-refractivity contribution in [2.45, 2.75) is 0 Å². The summed E-state index contributed by atoms with van der Waals surface area (Å²) in [5.74, 6) is 1.19. The molecule has 1 aliphatic rings.